The lowest BCUT2D eigenvalue weighted by molar-refractivity contribution is -0.142. The zero-order valence-corrected chi connectivity index (χ0v) is 16.5. The highest BCUT2D eigenvalue weighted by molar-refractivity contribution is 8.00. The normalized spacial score (nSPS) is 20.1. The minimum absolute atomic E-state index is 0.0322. The van der Waals surface area contributed by atoms with Gasteiger partial charge in [0.15, 0.2) is 0 Å². The molecule has 1 aliphatic heterocycles. The summed E-state index contributed by atoms with van der Waals surface area (Å²) in [5, 5.41) is 9.62. The van der Waals surface area contributed by atoms with Crippen molar-refractivity contribution in [3.05, 3.63) is 48.7 Å². The van der Waals surface area contributed by atoms with Gasteiger partial charge in [-0.25, -0.2) is 13.4 Å². The zero-order valence-electron chi connectivity index (χ0n) is 14.9. The van der Waals surface area contributed by atoms with Crippen LogP contribution >= 0.6 is 11.8 Å². The monoisotopic (exact) mass is 408 g/mol. The SMILES string of the molecule is CC1(C)SCCN(S(=O)(=O)c2ccc(Oc3ccccn3)cc2)C1C(=O)O. The summed E-state index contributed by atoms with van der Waals surface area (Å²) in [6.07, 6.45) is 1.59. The molecule has 1 aromatic carbocycles. The maximum Gasteiger partial charge on any atom is 0.323 e. The molecule has 144 valence electrons. The third-order valence-corrected chi connectivity index (χ3v) is 7.49. The van der Waals surface area contributed by atoms with Gasteiger partial charge < -0.3 is 9.84 Å². The molecular formula is C18H20N2O5S2. The lowest BCUT2D eigenvalue weighted by Gasteiger charge is -2.42. The van der Waals surface area contributed by atoms with Gasteiger partial charge in [-0.2, -0.15) is 16.1 Å². The quantitative estimate of drug-likeness (QED) is 0.812. The molecule has 0 amide bonds. The molecule has 1 aliphatic rings. The van der Waals surface area contributed by atoms with Crippen LogP contribution in [0.25, 0.3) is 0 Å². The Morgan fingerprint density at radius 2 is 1.96 bits per heavy atom. The lowest BCUT2D eigenvalue weighted by Crippen LogP contribution is -2.58. The molecule has 1 unspecified atom stereocenters. The van der Waals surface area contributed by atoms with Gasteiger partial charge >= 0.3 is 5.97 Å². The van der Waals surface area contributed by atoms with Gasteiger partial charge in [0, 0.05) is 29.3 Å². The number of thioether (sulfide) groups is 1. The fourth-order valence-corrected chi connectivity index (χ4v) is 6.07. The average Bonchev–Trinajstić information content (AvgIpc) is 2.61. The number of hydrogen-bond acceptors (Lipinski definition) is 6. The number of hydrogen-bond donors (Lipinski definition) is 1. The highest BCUT2D eigenvalue weighted by Crippen LogP contribution is 2.38. The molecule has 1 atom stereocenters. The number of carboxylic acid groups (broad SMARTS) is 1. The number of pyridine rings is 1. The van der Waals surface area contributed by atoms with Crippen LogP contribution in [0.4, 0.5) is 0 Å². The second-order valence-corrected chi connectivity index (χ2v) is 10.2. The van der Waals surface area contributed by atoms with Crippen LogP contribution in [0.1, 0.15) is 13.8 Å². The molecule has 2 aromatic rings. The molecular weight excluding hydrogens is 388 g/mol. The van der Waals surface area contributed by atoms with E-state index >= 15 is 0 Å². The Balaban J connectivity index is 1.87. The van der Waals surface area contributed by atoms with E-state index in [0.717, 1.165) is 4.31 Å². The largest absolute Gasteiger partial charge is 0.480 e. The number of benzene rings is 1. The molecule has 1 fully saturated rings. The first kappa shape index (κ1) is 19.7. The van der Waals surface area contributed by atoms with Crippen LogP contribution in [-0.2, 0) is 14.8 Å². The van der Waals surface area contributed by atoms with E-state index in [1.54, 1.807) is 38.2 Å². The maximum absolute atomic E-state index is 13.1. The Labute approximate surface area is 162 Å². The topological polar surface area (TPSA) is 96.8 Å². The summed E-state index contributed by atoms with van der Waals surface area (Å²) in [7, 11) is -3.95. The molecule has 0 spiro atoms. The molecule has 3 rings (SSSR count). The van der Waals surface area contributed by atoms with Gasteiger partial charge in [-0.3, -0.25) is 4.79 Å². The number of rotatable bonds is 5. The number of carbonyl (C=O) groups is 1. The Bertz CT molecular complexity index is 915. The van der Waals surface area contributed by atoms with Crippen molar-refractivity contribution in [3.63, 3.8) is 0 Å². The molecule has 0 radical (unpaired) electrons. The van der Waals surface area contributed by atoms with Crippen molar-refractivity contribution in [3.8, 4) is 11.6 Å². The van der Waals surface area contributed by atoms with Crippen molar-refractivity contribution in [2.45, 2.75) is 29.5 Å². The fraction of sp³-hybridized carbons (Fsp3) is 0.333. The standard InChI is InChI=1S/C18H20N2O5S2/c1-18(2)16(17(21)22)20(11-12-26-18)27(23,24)14-8-6-13(7-9-14)25-15-5-3-4-10-19-15/h3-10,16H,11-12H2,1-2H3,(H,21,22). The molecule has 9 heteroatoms. The van der Waals surface area contributed by atoms with Crippen molar-refractivity contribution in [2.24, 2.45) is 0 Å². The van der Waals surface area contributed by atoms with Crippen LogP contribution in [0.2, 0.25) is 0 Å². The van der Waals surface area contributed by atoms with Crippen molar-refractivity contribution in [2.75, 3.05) is 12.3 Å². The van der Waals surface area contributed by atoms with E-state index in [1.165, 1.54) is 36.0 Å². The summed E-state index contributed by atoms with van der Waals surface area (Å²) in [5.41, 5.74) is 0. The minimum atomic E-state index is -3.95. The van der Waals surface area contributed by atoms with Crippen LogP contribution in [0.15, 0.2) is 53.6 Å². The molecule has 1 aromatic heterocycles. The minimum Gasteiger partial charge on any atom is -0.480 e. The molecule has 1 N–H and O–H groups in total. The van der Waals surface area contributed by atoms with Crippen molar-refractivity contribution in [1.29, 1.82) is 0 Å². The van der Waals surface area contributed by atoms with E-state index in [9.17, 15) is 18.3 Å². The van der Waals surface area contributed by atoms with E-state index in [0.29, 0.717) is 17.4 Å². The van der Waals surface area contributed by atoms with E-state index < -0.39 is 26.8 Å². The highest BCUT2D eigenvalue weighted by atomic mass is 32.2. The van der Waals surface area contributed by atoms with Crippen molar-refractivity contribution >= 4 is 27.8 Å². The third kappa shape index (κ3) is 4.10. The van der Waals surface area contributed by atoms with Gasteiger partial charge in [0.05, 0.1) is 4.90 Å². The van der Waals surface area contributed by atoms with Crippen LogP contribution in [0.5, 0.6) is 11.6 Å². The maximum atomic E-state index is 13.1. The second-order valence-electron chi connectivity index (χ2n) is 6.55. The highest BCUT2D eigenvalue weighted by Gasteiger charge is 2.48. The van der Waals surface area contributed by atoms with Gasteiger partial charge in [0.2, 0.25) is 15.9 Å². The average molecular weight is 409 g/mol. The molecule has 7 nitrogen and oxygen atoms in total. The number of sulfonamides is 1. The van der Waals surface area contributed by atoms with Gasteiger partial charge in [0.25, 0.3) is 0 Å². The number of ether oxygens (including phenoxy) is 1. The van der Waals surface area contributed by atoms with Gasteiger partial charge in [0.1, 0.15) is 11.8 Å². The Morgan fingerprint density at radius 3 is 2.56 bits per heavy atom. The van der Waals surface area contributed by atoms with Crippen LogP contribution in [0.3, 0.4) is 0 Å². The summed E-state index contributed by atoms with van der Waals surface area (Å²) in [5.74, 6) is 0.230. The summed E-state index contributed by atoms with van der Waals surface area (Å²) in [6.45, 7) is 3.66. The number of aromatic nitrogens is 1. The predicted molar refractivity (Wildman–Crippen MR) is 103 cm³/mol. The van der Waals surface area contributed by atoms with E-state index in [1.807, 2.05) is 0 Å². The fourth-order valence-electron chi connectivity index (χ4n) is 2.98. The van der Waals surface area contributed by atoms with Crippen molar-refractivity contribution in [1.82, 2.24) is 9.29 Å². The van der Waals surface area contributed by atoms with Gasteiger partial charge in [-0.1, -0.05) is 6.07 Å². The summed E-state index contributed by atoms with van der Waals surface area (Å²) in [4.78, 5) is 15.8. The Kier molecular flexibility index (Phi) is 5.45. The first-order valence-corrected chi connectivity index (χ1v) is 10.7. The van der Waals surface area contributed by atoms with Crippen LogP contribution < -0.4 is 4.74 Å². The van der Waals surface area contributed by atoms with E-state index in [2.05, 4.69) is 4.98 Å². The number of nitrogens with zero attached hydrogens (tertiary/aromatic N) is 2. The van der Waals surface area contributed by atoms with Crippen molar-refractivity contribution < 1.29 is 23.1 Å². The smallest absolute Gasteiger partial charge is 0.323 e. The molecule has 27 heavy (non-hydrogen) atoms. The summed E-state index contributed by atoms with van der Waals surface area (Å²) < 4.78 is 32.0. The summed E-state index contributed by atoms with van der Waals surface area (Å²) >= 11 is 1.46. The van der Waals surface area contributed by atoms with Crippen LogP contribution in [0, 0.1) is 0 Å². The van der Waals surface area contributed by atoms with E-state index in [4.69, 9.17) is 4.74 Å². The summed E-state index contributed by atoms with van der Waals surface area (Å²) in [6, 6.07) is 9.99. The van der Waals surface area contributed by atoms with E-state index in [-0.39, 0.29) is 11.4 Å². The number of aliphatic carboxylic acids is 1. The molecule has 0 saturated carbocycles. The van der Waals surface area contributed by atoms with Gasteiger partial charge in [-0.15, -0.1) is 0 Å². The first-order chi connectivity index (χ1) is 12.7. The Morgan fingerprint density at radius 1 is 1.26 bits per heavy atom. The second kappa shape index (κ2) is 7.49. The molecule has 2 heterocycles. The molecule has 1 saturated heterocycles. The number of carboxylic acids is 1. The Hall–Kier alpha value is -2.10. The zero-order chi connectivity index (χ0) is 19.7. The molecule has 0 aliphatic carbocycles. The van der Waals surface area contributed by atoms with Gasteiger partial charge in [-0.05, 0) is 44.2 Å². The third-order valence-electron chi connectivity index (χ3n) is 4.26. The lowest BCUT2D eigenvalue weighted by atomic mass is 10.0. The predicted octanol–water partition coefficient (Wildman–Crippen LogP) is 2.84. The van der Waals surface area contributed by atoms with Crippen LogP contribution in [-0.4, -0.2) is 51.9 Å². The first-order valence-electron chi connectivity index (χ1n) is 8.29. The molecule has 0 bridgehead atoms.